The van der Waals surface area contributed by atoms with Crippen molar-refractivity contribution in [1.29, 1.82) is 0 Å². The summed E-state index contributed by atoms with van der Waals surface area (Å²) in [6, 6.07) is 5.66. The summed E-state index contributed by atoms with van der Waals surface area (Å²) >= 11 is 1.37. The summed E-state index contributed by atoms with van der Waals surface area (Å²) in [4.78, 5) is 18.2. The zero-order valence-corrected chi connectivity index (χ0v) is 14.2. The third-order valence-electron chi connectivity index (χ3n) is 4.00. The maximum absolute atomic E-state index is 12.9. The lowest BCUT2D eigenvalue weighted by atomic mass is 10.1. The Morgan fingerprint density at radius 1 is 1.35 bits per heavy atom. The van der Waals surface area contributed by atoms with E-state index < -0.39 is 9.84 Å². The van der Waals surface area contributed by atoms with Crippen molar-refractivity contribution >= 4 is 32.7 Å². The first-order valence-electron chi connectivity index (χ1n) is 7.37. The van der Waals surface area contributed by atoms with E-state index in [-0.39, 0.29) is 40.9 Å². The minimum absolute atomic E-state index is 0.0441. The number of carbonyl (C=O) groups is 1. The van der Waals surface area contributed by atoms with Gasteiger partial charge in [-0.05, 0) is 24.6 Å². The largest absolute Gasteiger partial charge is 0.346 e. The molecule has 2 unspecified atom stereocenters. The molecule has 0 aromatic heterocycles. The SMILES string of the molecule is CCN1C(=NC(=O)Cc2ccc(F)cc2)SC2CS(=O)(=O)CC21. The minimum atomic E-state index is -2.99. The summed E-state index contributed by atoms with van der Waals surface area (Å²) in [6.07, 6.45) is 0.107. The summed E-state index contributed by atoms with van der Waals surface area (Å²) in [5.74, 6) is -0.376. The first kappa shape index (κ1) is 16.4. The van der Waals surface area contributed by atoms with Crippen LogP contribution in [0.4, 0.5) is 4.39 Å². The number of carbonyl (C=O) groups excluding carboxylic acids is 1. The van der Waals surface area contributed by atoms with Gasteiger partial charge in [0.25, 0.3) is 5.91 Å². The van der Waals surface area contributed by atoms with Crippen LogP contribution in [0.15, 0.2) is 29.3 Å². The molecule has 23 heavy (non-hydrogen) atoms. The van der Waals surface area contributed by atoms with Crippen LogP contribution in [0.5, 0.6) is 0 Å². The van der Waals surface area contributed by atoms with Gasteiger partial charge in [-0.15, -0.1) is 0 Å². The molecule has 0 radical (unpaired) electrons. The molecule has 2 fully saturated rings. The van der Waals surface area contributed by atoms with Crippen LogP contribution in [-0.4, -0.2) is 53.7 Å². The van der Waals surface area contributed by atoms with E-state index in [9.17, 15) is 17.6 Å². The quantitative estimate of drug-likeness (QED) is 0.821. The molecule has 2 aliphatic rings. The predicted molar refractivity (Wildman–Crippen MR) is 88.7 cm³/mol. The van der Waals surface area contributed by atoms with Gasteiger partial charge in [0.2, 0.25) is 0 Å². The molecule has 0 aliphatic carbocycles. The minimum Gasteiger partial charge on any atom is -0.346 e. The Kier molecular flexibility index (Phi) is 4.46. The smallest absolute Gasteiger partial charge is 0.252 e. The Balaban J connectivity index is 1.72. The van der Waals surface area contributed by atoms with Crippen LogP contribution in [0.1, 0.15) is 12.5 Å². The van der Waals surface area contributed by atoms with Gasteiger partial charge in [0.1, 0.15) is 5.82 Å². The molecule has 0 N–H and O–H groups in total. The first-order chi connectivity index (χ1) is 10.9. The van der Waals surface area contributed by atoms with Gasteiger partial charge in [0, 0.05) is 11.8 Å². The van der Waals surface area contributed by atoms with E-state index in [0.29, 0.717) is 17.3 Å². The second-order valence-electron chi connectivity index (χ2n) is 5.68. The van der Waals surface area contributed by atoms with E-state index in [1.165, 1.54) is 23.9 Å². The van der Waals surface area contributed by atoms with Gasteiger partial charge >= 0.3 is 0 Å². The molecule has 0 saturated carbocycles. The summed E-state index contributed by atoms with van der Waals surface area (Å²) in [6.45, 7) is 2.54. The number of benzene rings is 1. The van der Waals surface area contributed by atoms with Gasteiger partial charge in [-0.25, -0.2) is 12.8 Å². The van der Waals surface area contributed by atoms with Crippen LogP contribution in [0.25, 0.3) is 0 Å². The number of hydrogen-bond acceptors (Lipinski definition) is 4. The number of rotatable bonds is 3. The Bertz CT molecular complexity index is 746. The van der Waals surface area contributed by atoms with Crippen molar-refractivity contribution in [1.82, 2.24) is 4.90 Å². The molecule has 3 rings (SSSR count). The van der Waals surface area contributed by atoms with Crippen LogP contribution in [0.2, 0.25) is 0 Å². The van der Waals surface area contributed by atoms with Gasteiger partial charge in [0.15, 0.2) is 15.0 Å². The van der Waals surface area contributed by atoms with Crippen molar-refractivity contribution in [2.24, 2.45) is 4.99 Å². The summed E-state index contributed by atoms with van der Waals surface area (Å²) in [5, 5.41) is 0.557. The standard InChI is InChI=1S/C15H17FN2O3S2/c1-2-18-12-8-23(20,21)9-13(12)22-15(18)17-14(19)7-10-3-5-11(16)6-4-10/h3-6,12-13H,2,7-9H2,1H3. The summed E-state index contributed by atoms with van der Waals surface area (Å²) < 4.78 is 36.3. The number of amidine groups is 1. The molecule has 5 nitrogen and oxygen atoms in total. The number of nitrogens with zero attached hydrogens (tertiary/aromatic N) is 2. The Labute approximate surface area is 138 Å². The number of aliphatic imine (C=N–C) groups is 1. The molecule has 2 aliphatic heterocycles. The maximum Gasteiger partial charge on any atom is 0.252 e. The second kappa shape index (κ2) is 6.24. The lowest BCUT2D eigenvalue weighted by molar-refractivity contribution is -0.117. The van der Waals surface area contributed by atoms with Gasteiger partial charge in [-0.2, -0.15) is 4.99 Å². The summed E-state index contributed by atoms with van der Waals surface area (Å²) in [7, 11) is -2.99. The third-order valence-corrected chi connectivity index (χ3v) is 7.25. The van der Waals surface area contributed by atoms with Gasteiger partial charge in [-0.3, -0.25) is 4.79 Å². The average Bonchev–Trinajstić information content (AvgIpc) is 2.92. The number of hydrogen-bond donors (Lipinski definition) is 0. The fraction of sp³-hybridized carbons (Fsp3) is 0.467. The van der Waals surface area contributed by atoms with Crippen molar-refractivity contribution in [3.63, 3.8) is 0 Å². The third kappa shape index (κ3) is 3.58. The highest BCUT2D eigenvalue weighted by molar-refractivity contribution is 8.15. The monoisotopic (exact) mass is 356 g/mol. The molecule has 2 heterocycles. The summed E-state index contributed by atoms with van der Waals surface area (Å²) in [5.41, 5.74) is 0.703. The number of halogens is 1. The first-order valence-corrected chi connectivity index (χ1v) is 10.1. The number of fused-ring (bicyclic) bond motifs is 1. The highest BCUT2D eigenvalue weighted by Crippen LogP contribution is 2.37. The van der Waals surface area contributed by atoms with Crippen LogP contribution < -0.4 is 0 Å². The average molecular weight is 356 g/mol. The van der Waals surface area contributed by atoms with Crippen LogP contribution in [0, 0.1) is 5.82 Å². The molecule has 1 aromatic carbocycles. The molecule has 8 heteroatoms. The van der Waals surface area contributed by atoms with Crippen molar-refractivity contribution in [3.05, 3.63) is 35.6 Å². The fourth-order valence-corrected chi connectivity index (χ4v) is 6.96. The molecule has 1 aromatic rings. The van der Waals surface area contributed by atoms with E-state index in [4.69, 9.17) is 0 Å². The highest BCUT2D eigenvalue weighted by atomic mass is 32.2. The highest BCUT2D eigenvalue weighted by Gasteiger charge is 2.48. The maximum atomic E-state index is 12.9. The molecule has 124 valence electrons. The zero-order valence-electron chi connectivity index (χ0n) is 12.6. The fourth-order valence-electron chi connectivity index (χ4n) is 2.93. The van der Waals surface area contributed by atoms with Gasteiger partial charge < -0.3 is 4.90 Å². The van der Waals surface area contributed by atoms with Gasteiger partial charge in [0.05, 0.1) is 24.0 Å². The van der Waals surface area contributed by atoms with E-state index in [0.717, 1.165) is 0 Å². The lowest BCUT2D eigenvalue weighted by Gasteiger charge is -2.22. The number of thioether (sulfide) groups is 1. The number of amides is 1. The molecule has 0 bridgehead atoms. The molecule has 2 atom stereocenters. The molecule has 1 amide bonds. The zero-order chi connectivity index (χ0) is 16.6. The molecular weight excluding hydrogens is 339 g/mol. The van der Waals surface area contributed by atoms with E-state index in [2.05, 4.69) is 4.99 Å². The van der Waals surface area contributed by atoms with Crippen molar-refractivity contribution in [2.75, 3.05) is 18.1 Å². The predicted octanol–water partition coefficient (Wildman–Crippen LogP) is 1.49. The Hall–Kier alpha value is -1.41. The van der Waals surface area contributed by atoms with Crippen molar-refractivity contribution in [2.45, 2.75) is 24.6 Å². The molecular formula is C15H17FN2O3S2. The molecule has 2 saturated heterocycles. The Morgan fingerprint density at radius 2 is 2.04 bits per heavy atom. The van der Waals surface area contributed by atoms with E-state index >= 15 is 0 Å². The van der Waals surface area contributed by atoms with Gasteiger partial charge in [-0.1, -0.05) is 23.9 Å². The molecule has 0 spiro atoms. The van der Waals surface area contributed by atoms with Crippen LogP contribution >= 0.6 is 11.8 Å². The topological polar surface area (TPSA) is 66.8 Å². The van der Waals surface area contributed by atoms with E-state index in [1.807, 2.05) is 11.8 Å². The second-order valence-corrected chi connectivity index (χ2v) is 9.04. The lowest BCUT2D eigenvalue weighted by Crippen LogP contribution is -2.37. The normalized spacial score (nSPS) is 27.4. The van der Waals surface area contributed by atoms with Crippen LogP contribution in [0.3, 0.4) is 0 Å². The number of sulfone groups is 1. The Morgan fingerprint density at radius 3 is 2.70 bits per heavy atom. The van der Waals surface area contributed by atoms with Crippen molar-refractivity contribution < 1.29 is 17.6 Å². The van der Waals surface area contributed by atoms with Crippen LogP contribution in [-0.2, 0) is 21.1 Å². The van der Waals surface area contributed by atoms with E-state index in [1.54, 1.807) is 12.1 Å². The van der Waals surface area contributed by atoms with Crippen molar-refractivity contribution in [3.8, 4) is 0 Å².